The van der Waals surface area contributed by atoms with E-state index in [2.05, 4.69) is 10.3 Å². The topological polar surface area (TPSA) is 74.6 Å². The van der Waals surface area contributed by atoms with E-state index in [4.69, 9.17) is 14.2 Å². The predicted molar refractivity (Wildman–Crippen MR) is 122 cm³/mol. The molecule has 0 aliphatic carbocycles. The lowest BCUT2D eigenvalue weighted by Gasteiger charge is -2.17. The van der Waals surface area contributed by atoms with E-state index in [1.165, 1.54) is 11.8 Å². The van der Waals surface area contributed by atoms with Gasteiger partial charge < -0.3 is 24.1 Å². The molecule has 0 fully saturated rings. The molecule has 3 aromatic rings. The minimum Gasteiger partial charge on any atom is -0.490 e. The monoisotopic (exact) mass is 441 g/mol. The molecule has 2 aromatic carbocycles. The first-order valence-corrected chi connectivity index (χ1v) is 11.0. The van der Waals surface area contributed by atoms with Crippen molar-refractivity contribution in [2.75, 3.05) is 25.1 Å². The number of carbonyl (C=O) groups is 1. The molecule has 0 bridgehead atoms. The number of hydrogen-bond acceptors (Lipinski definition) is 6. The van der Waals surface area contributed by atoms with Gasteiger partial charge in [0.2, 0.25) is 5.75 Å². The molecule has 0 atom stereocenters. The number of carbonyl (C=O) groups excluding carboxylic acids is 1. The van der Waals surface area contributed by atoms with Gasteiger partial charge in [0, 0.05) is 29.9 Å². The van der Waals surface area contributed by atoms with Crippen LogP contribution in [-0.4, -0.2) is 35.3 Å². The smallest absolute Gasteiger partial charge is 0.255 e. The van der Waals surface area contributed by atoms with Crippen LogP contribution in [0, 0.1) is 0 Å². The molecule has 0 saturated heterocycles. The van der Waals surface area contributed by atoms with Gasteiger partial charge in [-0.15, -0.1) is 0 Å². The molecule has 0 saturated carbocycles. The number of nitrogens with one attached hydrogen (secondary N) is 1. The summed E-state index contributed by atoms with van der Waals surface area (Å²) >= 11 is 1.48. The Labute approximate surface area is 186 Å². The first kappa shape index (κ1) is 22.6. The summed E-state index contributed by atoms with van der Waals surface area (Å²) in [5.74, 6) is 1.21. The molecular formula is C23H27N3O4S. The Hall–Kier alpha value is -3.13. The molecule has 1 amide bonds. The second-order valence-corrected chi connectivity index (χ2v) is 7.48. The molecule has 8 heteroatoms. The van der Waals surface area contributed by atoms with E-state index >= 15 is 0 Å². The fraction of sp³-hybridized carbons (Fsp3) is 0.304. The largest absolute Gasteiger partial charge is 0.490 e. The molecule has 3 rings (SSSR count). The van der Waals surface area contributed by atoms with Crippen molar-refractivity contribution in [2.45, 2.75) is 30.8 Å². The summed E-state index contributed by atoms with van der Waals surface area (Å²) in [4.78, 5) is 18.4. The Morgan fingerprint density at radius 1 is 1.03 bits per heavy atom. The van der Waals surface area contributed by atoms with E-state index in [0.29, 0.717) is 48.3 Å². The maximum absolute atomic E-state index is 13.1. The molecular weight excluding hydrogens is 414 g/mol. The van der Waals surface area contributed by atoms with E-state index in [1.54, 1.807) is 18.3 Å². The fourth-order valence-corrected chi connectivity index (χ4v) is 3.81. The van der Waals surface area contributed by atoms with Crippen LogP contribution in [0.5, 0.6) is 17.2 Å². The molecule has 164 valence electrons. The second kappa shape index (κ2) is 10.8. The molecule has 0 aliphatic rings. The predicted octanol–water partition coefficient (Wildman–Crippen LogP) is 5.02. The molecule has 1 heterocycles. The van der Waals surface area contributed by atoms with E-state index < -0.39 is 0 Å². The summed E-state index contributed by atoms with van der Waals surface area (Å²) in [6.45, 7) is 7.01. The van der Waals surface area contributed by atoms with E-state index in [1.807, 2.05) is 62.8 Å². The lowest BCUT2D eigenvalue weighted by molar-refractivity contribution is 0.102. The van der Waals surface area contributed by atoms with Crippen LogP contribution in [0.1, 0.15) is 31.1 Å². The van der Waals surface area contributed by atoms with Crippen molar-refractivity contribution >= 4 is 23.4 Å². The van der Waals surface area contributed by atoms with Crippen molar-refractivity contribution in [3.05, 3.63) is 54.4 Å². The molecule has 0 unspecified atom stereocenters. The summed E-state index contributed by atoms with van der Waals surface area (Å²) in [6.07, 6.45) is 3.63. The minimum absolute atomic E-state index is 0.266. The third kappa shape index (κ3) is 5.52. The van der Waals surface area contributed by atoms with E-state index in [0.717, 1.165) is 10.1 Å². The van der Waals surface area contributed by atoms with Crippen LogP contribution in [0.4, 0.5) is 5.69 Å². The zero-order chi connectivity index (χ0) is 22.2. The number of benzene rings is 2. The zero-order valence-corrected chi connectivity index (χ0v) is 19.0. The Morgan fingerprint density at radius 3 is 2.26 bits per heavy atom. The van der Waals surface area contributed by atoms with Crippen molar-refractivity contribution in [1.29, 1.82) is 0 Å². The van der Waals surface area contributed by atoms with Crippen molar-refractivity contribution in [2.24, 2.45) is 7.05 Å². The van der Waals surface area contributed by atoms with Crippen LogP contribution >= 0.6 is 11.8 Å². The van der Waals surface area contributed by atoms with Gasteiger partial charge in [0.05, 0.1) is 25.5 Å². The number of para-hydroxylation sites is 1. The van der Waals surface area contributed by atoms with Gasteiger partial charge >= 0.3 is 0 Å². The van der Waals surface area contributed by atoms with Crippen LogP contribution in [0.25, 0.3) is 0 Å². The molecule has 31 heavy (non-hydrogen) atoms. The van der Waals surface area contributed by atoms with Crippen LogP contribution in [0.15, 0.2) is 58.8 Å². The van der Waals surface area contributed by atoms with Gasteiger partial charge in [0.15, 0.2) is 16.7 Å². The zero-order valence-electron chi connectivity index (χ0n) is 18.2. The first-order valence-electron chi connectivity index (χ1n) is 10.2. The summed E-state index contributed by atoms with van der Waals surface area (Å²) < 4.78 is 19.1. The van der Waals surface area contributed by atoms with Gasteiger partial charge in [0.25, 0.3) is 5.91 Å². The SMILES string of the molecule is CCOc1cc(C(=O)Nc2ccccc2Sc2nccn2C)cc(OCC)c1OCC. The normalized spacial score (nSPS) is 10.6. The summed E-state index contributed by atoms with van der Waals surface area (Å²) in [7, 11) is 1.93. The fourth-order valence-electron chi connectivity index (χ4n) is 2.92. The molecule has 0 spiro atoms. The lowest BCUT2D eigenvalue weighted by Crippen LogP contribution is -2.14. The van der Waals surface area contributed by atoms with Gasteiger partial charge in [-0.05, 0) is 56.8 Å². The number of anilines is 1. The number of nitrogens with zero attached hydrogens (tertiary/aromatic N) is 2. The van der Waals surface area contributed by atoms with Crippen LogP contribution in [-0.2, 0) is 7.05 Å². The molecule has 0 radical (unpaired) electrons. The van der Waals surface area contributed by atoms with E-state index in [9.17, 15) is 4.79 Å². The number of aromatic nitrogens is 2. The van der Waals surface area contributed by atoms with Gasteiger partial charge in [-0.1, -0.05) is 12.1 Å². The quantitative estimate of drug-likeness (QED) is 0.476. The van der Waals surface area contributed by atoms with Crippen molar-refractivity contribution in [3.8, 4) is 17.2 Å². The molecule has 1 N–H and O–H groups in total. The highest BCUT2D eigenvalue weighted by Crippen LogP contribution is 2.39. The molecule has 1 aromatic heterocycles. The number of rotatable bonds is 10. The summed E-state index contributed by atoms with van der Waals surface area (Å²) in [5.41, 5.74) is 1.12. The molecule has 0 aliphatic heterocycles. The van der Waals surface area contributed by atoms with Crippen molar-refractivity contribution < 1.29 is 19.0 Å². The number of hydrogen-bond donors (Lipinski definition) is 1. The maximum Gasteiger partial charge on any atom is 0.255 e. The van der Waals surface area contributed by atoms with E-state index in [-0.39, 0.29) is 5.91 Å². The highest BCUT2D eigenvalue weighted by atomic mass is 32.2. The van der Waals surface area contributed by atoms with Gasteiger partial charge in [-0.3, -0.25) is 4.79 Å². The highest BCUT2D eigenvalue weighted by Gasteiger charge is 2.19. The van der Waals surface area contributed by atoms with Crippen LogP contribution in [0.2, 0.25) is 0 Å². The van der Waals surface area contributed by atoms with Gasteiger partial charge in [0.1, 0.15) is 0 Å². The average molecular weight is 442 g/mol. The summed E-state index contributed by atoms with van der Waals surface area (Å²) in [5, 5.41) is 3.83. The highest BCUT2D eigenvalue weighted by molar-refractivity contribution is 7.99. The lowest BCUT2D eigenvalue weighted by atomic mass is 10.1. The Kier molecular flexibility index (Phi) is 7.83. The Morgan fingerprint density at radius 2 is 1.68 bits per heavy atom. The van der Waals surface area contributed by atoms with Crippen molar-refractivity contribution in [1.82, 2.24) is 9.55 Å². The Bertz CT molecular complexity index is 1010. The number of aryl methyl sites for hydroxylation is 1. The maximum atomic E-state index is 13.1. The standard InChI is InChI=1S/C23H27N3O4S/c1-5-28-18-14-16(15-19(29-6-2)21(18)30-7-3)22(27)25-17-10-8-9-11-20(17)31-23-24-12-13-26(23)4/h8-15H,5-7H2,1-4H3,(H,25,27). The average Bonchev–Trinajstić information content (AvgIpc) is 3.16. The third-order valence-electron chi connectivity index (χ3n) is 4.28. The Balaban J connectivity index is 1.90. The number of imidazole rings is 1. The summed E-state index contributed by atoms with van der Waals surface area (Å²) in [6, 6.07) is 11.0. The van der Waals surface area contributed by atoms with Crippen LogP contribution in [0.3, 0.4) is 0 Å². The molecule has 7 nitrogen and oxygen atoms in total. The second-order valence-electron chi connectivity index (χ2n) is 6.47. The van der Waals surface area contributed by atoms with Crippen LogP contribution < -0.4 is 19.5 Å². The number of amides is 1. The minimum atomic E-state index is -0.266. The first-order chi connectivity index (χ1) is 15.1. The third-order valence-corrected chi connectivity index (χ3v) is 5.44. The van der Waals surface area contributed by atoms with Gasteiger partial charge in [-0.25, -0.2) is 4.98 Å². The number of ether oxygens (including phenoxy) is 3. The van der Waals surface area contributed by atoms with Gasteiger partial charge in [-0.2, -0.15) is 0 Å². The van der Waals surface area contributed by atoms with Crippen molar-refractivity contribution in [3.63, 3.8) is 0 Å².